The molecule has 122 valence electrons. The number of carbonyl (C=O) groups excluding carboxylic acids is 1. The Hall–Kier alpha value is -2.08. The Balaban J connectivity index is 1.40. The van der Waals surface area contributed by atoms with E-state index in [0.29, 0.717) is 13.1 Å². The van der Waals surface area contributed by atoms with Crippen LogP contribution in [0.15, 0.2) is 35.8 Å². The number of fused-ring (bicyclic) bond motifs is 1. The van der Waals surface area contributed by atoms with Gasteiger partial charge in [0, 0.05) is 49.4 Å². The summed E-state index contributed by atoms with van der Waals surface area (Å²) in [7, 11) is 0. The second-order valence-corrected chi connectivity index (χ2v) is 6.71. The van der Waals surface area contributed by atoms with Crippen molar-refractivity contribution >= 4 is 23.1 Å². The average molecular weight is 330 g/mol. The molecule has 0 spiro atoms. The van der Waals surface area contributed by atoms with E-state index in [0.717, 1.165) is 24.4 Å². The van der Waals surface area contributed by atoms with Crippen LogP contribution in [0, 0.1) is 0 Å². The molecule has 2 N–H and O–H groups in total. The van der Waals surface area contributed by atoms with Gasteiger partial charge in [-0.1, -0.05) is 18.2 Å². The third-order valence-corrected chi connectivity index (χ3v) is 4.96. The maximum absolute atomic E-state index is 11.9. The van der Waals surface area contributed by atoms with Crippen LogP contribution in [0.5, 0.6) is 0 Å². The van der Waals surface area contributed by atoms with Crippen LogP contribution >= 0.6 is 11.3 Å². The number of amides is 2. The molecule has 1 aromatic carbocycles. The zero-order valence-corrected chi connectivity index (χ0v) is 14.1. The van der Waals surface area contributed by atoms with Crippen molar-refractivity contribution in [2.45, 2.75) is 25.8 Å². The summed E-state index contributed by atoms with van der Waals surface area (Å²) in [4.78, 5) is 18.4. The van der Waals surface area contributed by atoms with Crippen molar-refractivity contribution in [2.75, 3.05) is 24.5 Å². The second kappa shape index (κ2) is 7.46. The predicted octanol–water partition coefficient (Wildman–Crippen LogP) is 2.44. The highest BCUT2D eigenvalue weighted by molar-refractivity contribution is 7.09. The van der Waals surface area contributed by atoms with E-state index in [4.69, 9.17) is 0 Å². The fourth-order valence-electron chi connectivity index (χ4n) is 2.89. The zero-order valence-electron chi connectivity index (χ0n) is 13.3. The number of hydrogen-bond donors (Lipinski definition) is 2. The number of nitrogens with one attached hydrogen (secondary N) is 2. The van der Waals surface area contributed by atoms with Gasteiger partial charge in [-0.3, -0.25) is 0 Å². The van der Waals surface area contributed by atoms with Crippen molar-refractivity contribution in [3.8, 4) is 0 Å². The Bertz CT molecular complexity index is 644. The van der Waals surface area contributed by atoms with Gasteiger partial charge in [0.05, 0.1) is 5.01 Å². The van der Waals surface area contributed by atoms with E-state index in [1.165, 1.54) is 11.3 Å². The van der Waals surface area contributed by atoms with Gasteiger partial charge in [-0.25, -0.2) is 9.78 Å². The maximum atomic E-state index is 11.9. The Morgan fingerprint density at radius 2 is 2.26 bits per heavy atom. The lowest BCUT2D eigenvalue weighted by Gasteiger charge is -2.27. The number of nitrogens with zero attached hydrogens (tertiary/aromatic N) is 2. The SMILES string of the molecule is CC(CNC(=O)NCCc1nccs1)N1CCc2ccccc21. The summed E-state index contributed by atoms with van der Waals surface area (Å²) in [6.45, 7) is 4.42. The lowest BCUT2D eigenvalue weighted by Crippen LogP contribution is -2.45. The van der Waals surface area contributed by atoms with E-state index < -0.39 is 0 Å². The highest BCUT2D eigenvalue weighted by Crippen LogP contribution is 2.28. The van der Waals surface area contributed by atoms with Crippen LogP contribution in [0.4, 0.5) is 10.5 Å². The lowest BCUT2D eigenvalue weighted by molar-refractivity contribution is 0.240. The van der Waals surface area contributed by atoms with E-state index >= 15 is 0 Å². The molecule has 23 heavy (non-hydrogen) atoms. The first-order valence-corrected chi connectivity index (χ1v) is 8.86. The molecule has 1 aliphatic rings. The molecule has 2 aromatic rings. The second-order valence-electron chi connectivity index (χ2n) is 5.73. The first kappa shape index (κ1) is 15.8. The van der Waals surface area contributed by atoms with Crippen LogP contribution in [0.3, 0.4) is 0 Å². The summed E-state index contributed by atoms with van der Waals surface area (Å²) in [5, 5.41) is 8.84. The molecule has 0 saturated carbocycles. The smallest absolute Gasteiger partial charge is 0.314 e. The molecule has 0 bridgehead atoms. The standard InChI is InChI=1S/C17H22N4OS/c1-13(21-10-7-14-4-2-3-5-15(14)21)12-20-17(22)19-8-6-16-18-9-11-23-16/h2-5,9,11,13H,6-8,10,12H2,1H3,(H2,19,20,22). The van der Waals surface area contributed by atoms with E-state index in [2.05, 4.69) is 51.7 Å². The van der Waals surface area contributed by atoms with Gasteiger partial charge in [0.1, 0.15) is 0 Å². The molecule has 1 aliphatic heterocycles. The Labute approximate surface area is 140 Å². The van der Waals surface area contributed by atoms with Crippen molar-refractivity contribution in [3.63, 3.8) is 0 Å². The van der Waals surface area contributed by atoms with Gasteiger partial charge in [0.15, 0.2) is 0 Å². The van der Waals surface area contributed by atoms with Crippen LogP contribution in [-0.2, 0) is 12.8 Å². The van der Waals surface area contributed by atoms with Crippen LogP contribution in [0.1, 0.15) is 17.5 Å². The van der Waals surface area contributed by atoms with Gasteiger partial charge >= 0.3 is 6.03 Å². The lowest BCUT2D eigenvalue weighted by atomic mass is 10.2. The molecule has 1 aromatic heterocycles. The Kier molecular flexibility index (Phi) is 5.12. The molecule has 0 radical (unpaired) electrons. The third-order valence-electron chi connectivity index (χ3n) is 4.12. The third kappa shape index (κ3) is 4.01. The van der Waals surface area contributed by atoms with E-state index in [9.17, 15) is 4.79 Å². The summed E-state index contributed by atoms with van der Waals surface area (Å²) < 4.78 is 0. The molecule has 3 rings (SSSR count). The summed E-state index contributed by atoms with van der Waals surface area (Å²) in [6, 6.07) is 8.67. The molecule has 2 amide bonds. The summed E-state index contributed by atoms with van der Waals surface area (Å²) in [6.07, 6.45) is 3.65. The van der Waals surface area contributed by atoms with Crippen molar-refractivity contribution in [1.82, 2.24) is 15.6 Å². The fourth-order valence-corrected chi connectivity index (χ4v) is 3.51. The Morgan fingerprint density at radius 1 is 1.39 bits per heavy atom. The molecule has 0 saturated heterocycles. The first-order chi connectivity index (χ1) is 11.2. The summed E-state index contributed by atoms with van der Waals surface area (Å²) >= 11 is 1.61. The molecular formula is C17H22N4OS. The zero-order chi connectivity index (χ0) is 16.1. The summed E-state index contributed by atoms with van der Waals surface area (Å²) in [5.74, 6) is 0. The average Bonchev–Trinajstić information content (AvgIpc) is 3.22. The largest absolute Gasteiger partial charge is 0.366 e. The monoisotopic (exact) mass is 330 g/mol. The minimum Gasteiger partial charge on any atom is -0.366 e. The molecule has 1 unspecified atom stereocenters. The summed E-state index contributed by atoms with van der Waals surface area (Å²) in [5.41, 5.74) is 2.69. The van der Waals surface area contributed by atoms with E-state index in [-0.39, 0.29) is 12.1 Å². The predicted molar refractivity (Wildman–Crippen MR) is 94.2 cm³/mol. The number of para-hydroxylation sites is 1. The maximum Gasteiger partial charge on any atom is 0.314 e. The van der Waals surface area contributed by atoms with Crippen molar-refractivity contribution < 1.29 is 4.79 Å². The van der Waals surface area contributed by atoms with Gasteiger partial charge < -0.3 is 15.5 Å². The molecular weight excluding hydrogens is 308 g/mol. The van der Waals surface area contributed by atoms with Crippen molar-refractivity contribution in [3.05, 3.63) is 46.4 Å². The number of carbonyl (C=O) groups is 1. The Morgan fingerprint density at radius 3 is 3.09 bits per heavy atom. The van der Waals surface area contributed by atoms with Crippen molar-refractivity contribution in [1.29, 1.82) is 0 Å². The minimum absolute atomic E-state index is 0.110. The van der Waals surface area contributed by atoms with Gasteiger partial charge in [-0.2, -0.15) is 0 Å². The van der Waals surface area contributed by atoms with Gasteiger partial charge in [-0.15, -0.1) is 11.3 Å². The van der Waals surface area contributed by atoms with Gasteiger partial charge in [0.25, 0.3) is 0 Å². The number of anilines is 1. The number of rotatable bonds is 6. The van der Waals surface area contributed by atoms with Crippen LogP contribution in [0.25, 0.3) is 0 Å². The van der Waals surface area contributed by atoms with E-state index in [1.807, 2.05) is 5.38 Å². The molecule has 0 fully saturated rings. The fraction of sp³-hybridized carbons (Fsp3) is 0.412. The number of aromatic nitrogens is 1. The quantitative estimate of drug-likeness (QED) is 0.855. The normalized spacial score (nSPS) is 14.4. The number of thiazole rings is 1. The topological polar surface area (TPSA) is 57.3 Å². The first-order valence-electron chi connectivity index (χ1n) is 7.98. The number of urea groups is 1. The molecule has 6 heteroatoms. The van der Waals surface area contributed by atoms with Crippen LogP contribution in [-0.4, -0.2) is 36.7 Å². The van der Waals surface area contributed by atoms with Crippen LogP contribution < -0.4 is 15.5 Å². The highest BCUT2D eigenvalue weighted by atomic mass is 32.1. The van der Waals surface area contributed by atoms with Crippen LogP contribution in [0.2, 0.25) is 0 Å². The number of benzene rings is 1. The molecule has 5 nitrogen and oxygen atoms in total. The number of hydrogen-bond acceptors (Lipinski definition) is 4. The molecule has 1 atom stereocenters. The van der Waals surface area contributed by atoms with Gasteiger partial charge in [0.2, 0.25) is 0 Å². The van der Waals surface area contributed by atoms with Gasteiger partial charge in [-0.05, 0) is 25.0 Å². The highest BCUT2D eigenvalue weighted by Gasteiger charge is 2.22. The molecule has 2 heterocycles. The molecule has 0 aliphatic carbocycles. The minimum atomic E-state index is -0.110. The van der Waals surface area contributed by atoms with Crippen molar-refractivity contribution in [2.24, 2.45) is 0 Å². The van der Waals surface area contributed by atoms with E-state index in [1.54, 1.807) is 17.5 Å².